The van der Waals surface area contributed by atoms with E-state index in [-0.39, 0.29) is 23.5 Å². The number of nitrogens with one attached hydrogen (secondary N) is 1. The van der Waals surface area contributed by atoms with Crippen LogP contribution in [0.5, 0.6) is 0 Å². The third-order valence-corrected chi connectivity index (χ3v) is 5.23. The van der Waals surface area contributed by atoms with Gasteiger partial charge in [-0.2, -0.15) is 0 Å². The molecule has 1 saturated heterocycles. The average molecular weight is 424 g/mol. The number of benzene rings is 2. The number of aryl methyl sites for hydroxylation is 1. The molecule has 1 amide bonds. The number of rotatable bonds is 9. The predicted octanol–water partition coefficient (Wildman–Crippen LogP) is 3.36. The maximum Gasteiger partial charge on any atom is 0.269 e. The summed E-state index contributed by atoms with van der Waals surface area (Å²) in [6.45, 7) is 2.41. The second kappa shape index (κ2) is 10.8. The van der Waals surface area contributed by atoms with Crippen molar-refractivity contribution in [2.24, 2.45) is 5.16 Å². The molecule has 164 valence electrons. The summed E-state index contributed by atoms with van der Waals surface area (Å²) in [7, 11) is 2.97. The Balaban J connectivity index is 1.62. The first-order chi connectivity index (χ1) is 15.0. The van der Waals surface area contributed by atoms with Crippen LogP contribution in [0.15, 0.2) is 53.7 Å². The van der Waals surface area contributed by atoms with E-state index >= 15 is 0 Å². The van der Waals surface area contributed by atoms with Gasteiger partial charge in [-0.15, -0.1) is 0 Å². The second-order valence-electron chi connectivity index (χ2n) is 7.41. The average Bonchev–Trinajstić information content (AvgIpc) is 3.27. The molecule has 0 aromatic heterocycles. The summed E-state index contributed by atoms with van der Waals surface area (Å²) in [4.78, 5) is 29.2. The van der Waals surface area contributed by atoms with Crippen LogP contribution in [0.4, 0.5) is 0 Å². The van der Waals surface area contributed by atoms with Gasteiger partial charge in [0.2, 0.25) is 0 Å². The smallest absolute Gasteiger partial charge is 0.269 e. The van der Waals surface area contributed by atoms with Gasteiger partial charge >= 0.3 is 0 Å². The normalized spacial score (nSPS) is 18.6. The van der Waals surface area contributed by atoms with Gasteiger partial charge in [0.15, 0.2) is 12.1 Å². The van der Waals surface area contributed by atoms with Gasteiger partial charge in [0, 0.05) is 31.0 Å². The van der Waals surface area contributed by atoms with E-state index in [4.69, 9.17) is 14.3 Å². The number of hydrogen-bond donors (Lipinski definition) is 1. The van der Waals surface area contributed by atoms with Crippen LogP contribution in [0, 0.1) is 6.92 Å². The van der Waals surface area contributed by atoms with E-state index in [1.165, 1.54) is 7.11 Å². The van der Waals surface area contributed by atoms with Crippen molar-refractivity contribution in [2.45, 2.75) is 38.6 Å². The van der Waals surface area contributed by atoms with Crippen LogP contribution in [-0.2, 0) is 25.5 Å². The number of carbonyl (C=O) groups excluding carboxylic acids is 2. The highest BCUT2D eigenvalue weighted by Gasteiger charge is 2.28. The molecule has 1 aliphatic heterocycles. The lowest BCUT2D eigenvalue weighted by molar-refractivity contribution is -0.114. The Kier molecular flexibility index (Phi) is 7.92. The summed E-state index contributed by atoms with van der Waals surface area (Å²) in [6.07, 6.45) is 0.698. The van der Waals surface area contributed by atoms with E-state index in [1.807, 2.05) is 55.5 Å². The Morgan fingerprint density at radius 3 is 2.68 bits per heavy atom. The van der Waals surface area contributed by atoms with Crippen molar-refractivity contribution in [3.63, 3.8) is 0 Å². The molecule has 1 heterocycles. The molecule has 0 spiro atoms. The maximum atomic E-state index is 12.3. The van der Waals surface area contributed by atoms with Crippen LogP contribution in [0.2, 0.25) is 0 Å². The lowest BCUT2D eigenvalue weighted by Gasteiger charge is -2.15. The summed E-state index contributed by atoms with van der Waals surface area (Å²) >= 11 is 0. The first-order valence-electron chi connectivity index (χ1n) is 10.3. The standard InChI is InChI=1S/C24H28N2O5/c1-16-9-10-18(13-19(16)14-21(26-29-3)23(28)25-2)24-30-15-20(31-24)11-12-22(27)17-7-5-4-6-8-17/h4-10,13,20,24H,11-12,14-15H2,1-3H3,(H,25,28). The fourth-order valence-corrected chi connectivity index (χ4v) is 3.45. The van der Waals surface area contributed by atoms with E-state index in [2.05, 4.69) is 10.5 Å². The topological polar surface area (TPSA) is 86.2 Å². The molecule has 7 heteroatoms. The highest BCUT2D eigenvalue weighted by Crippen LogP contribution is 2.30. The van der Waals surface area contributed by atoms with Gasteiger partial charge in [-0.05, 0) is 24.5 Å². The Bertz CT molecular complexity index is 942. The van der Waals surface area contributed by atoms with E-state index in [0.29, 0.717) is 31.4 Å². The van der Waals surface area contributed by atoms with Crippen LogP contribution >= 0.6 is 0 Å². The minimum Gasteiger partial charge on any atom is -0.399 e. The zero-order valence-corrected chi connectivity index (χ0v) is 18.1. The van der Waals surface area contributed by atoms with Crippen LogP contribution in [0.3, 0.4) is 0 Å². The molecule has 7 nitrogen and oxygen atoms in total. The molecule has 3 rings (SSSR count). The van der Waals surface area contributed by atoms with Crippen molar-refractivity contribution in [3.8, 4) is 0 Å². The van der Waals surface area contributed by atoms with Crippen molar-refractivity contribution in [3.05, 3.63) is 70.8 Å². The summed E-state index contributed by atoms with van der Waals surface area (Å²) < 4.78 is 11.9. The van der Waals surface area contributed by atoms with Crippen LogP contribution < -0.4 is 5.32 Å². The van der Waals surface area contributed by atoms with Gasteiger partial charge in [-0.1, -0.05) is 53.7 Å². The van der Waals surface area contributed by atoms with Crippen molar-refractivity contribution in [2.75, 3.05) is 20.8 Å². The zero-order valence-electron chi connectivity index (χ0n) is 18.1. The predicted molar refractivity (Wildman–Crippen MR) is 117 cm³/mol. The highest BCUT2D eigenvalue weighted by molar-refractivity contribution is 6.39. The van der Waals surface area contributed by atoms with Crippen molar-refractivity contribution >= 4 is 17.4 Å². The van der Waals surface area contributed by atoms with Crippen molar-refractivity contribution in [1.82, 2.24) is 5.32 Å². The minimum atomic E-state index is -0.501. The number of hydrogen-bond acceptors (Lipinski definition) is 6. The lowest BCUT2D eigenvalue weighted by Crippen LogP contribution is -2.29. The summed E-state index contributed by atoms with van der Waals surface area (Å²) in [5.41, 5.74) is 3.83. The zero-order chi connectivity index (χ0) is 22.2. The van der Waals surface area contributed by atoms with Gasteiger partial charge in [0.1, 0.15) is 12.8 Å². The Labute approximate surface area is 182 Å². The molecule has 0 radical (unpaired) electrons. The van der Waals surface area contributed by atoms with Gasteiger partial charge < -0.3 is 19.6 Å². The minimum absolute atomic E-state index is 0.101. The molecule has 0 aliphatic carbocycles. The molecule has 0 bridgehead atoms. The van der Waals surface area contributed by atoms with Gasteiger partial charge in [-0.3, -0.25) is 9.59 Å². The summed E-state index contributed by atoms with van der Waals surface area (Å²) in [6, 6.07) is 15.2. The molecule has 31 heavy (non-hydrogen) atoms. The molecular formula is C24H28N2O5. The SMILES string of the molecule is CNC(=O)C(Cc1cc(C2OCC(CCC(=O)c3ccccc3)O2)ccc1C)=NOC. The number of oxime groups is 1. The Hall–Kier alpha value is -3.03. The van der Waals surface area contributed by atoms with E-state index in [0.717, 1.165) is 16.7 Å². The monoisotopic (exact) mass is 424 g/mol. The molecule has 2 aromatic carbocycles. The van der Waals surface area contributed by atoms with Crippen molar-refractivity contribution < 1.29 is 23.9 Å². The van der Waals surface area contributed by atoms with Crippen LogP contribution in [-0.4, -0.2) is 44.3 Å². The largest absolute Gasteiger partial charge is 0.399 e. The molecule has 2 atom stereocenters. The van der Waals surface area contributed by atoms with Gasteiger partial charge in [0.05, 0.1) is 12.7 Å². The molecule has 2 aromatic rings. The number of amides is 1. The van der Waals surface area contributed by atoms with Gasteiger partial charge in [-0.25, -0.2) is 0 Å². The Morgan fingerprint density at radius 2 is 1.97 bits per heavy atom. The first-order valence-corrected chi connectivity index (χ1v) is 10.3. The lowest BCUT2D eigenvalue weighted by atomic mass is 9.99. The van der Waals surface area contributed by atoms with E-state index in [9.17, 15) is 9.59 Å². The second-order valence-corrected chi connectivity index (χ2v) is 7.41. The number of nitrogens with zero attached hydrogens (tertiary/aromatic N) is 1. The maximum absolute atomic E-state index is 12.3. The van der Waals surface area contributed by atoms with E-state index in [1.54, 1.807) is 7.05 Å². The highest BCUT2D eigenvalue weighted by atomic mass is 16.7. The summed E-state index contributed by atoms with van der Waals surface area (Å²) in [5.74, 6) is -0.187. The third kappa shape index (κ3) is 5.99. The summed E-state index contributed by atoms with van der Waals surface area (Å²) in [5, 5.41) is 6.42. The number of Topliss-reactive ketones (excluding diaryl/α,β-unsaturated/α-hetero) is 1. The van der Waals surface area contributed by atoms with E-state index < -0.39 is 6.29 Å². The number of ketones is 1. The van der Waals surface area contributed by atoms with Gasteiger partial charge in [0.25, 0.3) is 5.91 Å². The fourth-order valence-electron chi connectivity index (χ4n) is 3.45. The van der Waals surface area contributed by atoms with Crippen LogP contribution in [0.1, 0.15) is 46.2 Å². The fraction of sp³-hybridized carbons (Fsp3) is 0.375. The first kappa shape index (κ1) is 22.7. The molecule has 1 N–H and O–H groups in total. The Morgan fingerprint density at radius 1 is 1.19 bits per heavy atom. The molecule has 1 aliphatic rings. The quantitative estimate of drug-likeness (QED) is 0.379. The molecule has 1 fully saturated rings. The number of carbonyl (C=O) groups is 2. The number of ether oxygens (including phenoxy) is 2. The van der Waals surface area contributed by atoms with Crippen LogP contribution in [0.25, 0.3) is 0 Å². The third-order valence-electron chi connectivity index (χ3n) is 5.23. The van der Waals surface area contributed by atoms with Crippen molar-refractivity contribution in [1.29, 1.82) is 0 Å². The molecular weight excluding hydrogens is 396 g/mol. The molecule has 2 unspecified atom stereocenters. The molecule has 0 saturated carbocycles.